The van der Waals surface area contributed by atoms with Crippen molar-refractivity contribution in [3.63, 3.8) is 0 Å². The SMILES string of the molecule is CCS(=O)(=O)CCCn1cc(CCN)c2cccnc21. The Hall–Kier alpha value is -1.40. The fraction of sp³-hybridized carbons (Fsp3) is 0.500. The first-order chi connectivity index (χ1) is 9.57. The van der Waals surface area contributed by atoms with Gasteiger partial charge in [0.1, 0.15) is 15.5 Å². The van der Waals surface area contributed by atoms with Gasteiger partial charge >= 0.3 is 0 Å². The van der Waals surface area contributed by atoms with Crippen molar-refractivity contribution in [1.82, 2.24) is 9.55 Å². The zero-order chi connectivity index (χ0) is 14.6. The number of rotatable bonds is 7. The lowest BCUT2D eigenvalue weighted by Crippen LogP contribution is -2.11. The maximum absolute atomic E-state index is 11.5. The molecule has 2 aromatic heterocycles. The summed E-state index contributed by atoms with van der Waals surface area (Å²) in [6, 6.07) is 3.95. The highest BCUT2D eigenvalue weighted by molar-refractivity contribution is 7.91. The van der Waals surface area contributed by atoms with E-state index < -0.39 is 9.84 Å². The second-order valence-electron chi connectivity index (χ2n) is 4.85. The van der Waals surface area contributed by atoms with E-state index in [1.165, 1.54) is 5.56 Å². The van der Waals surface area contributed by atoms with Gasteiger partial charge in [-0.1, -0.05) is 6.92 Å². The van der Waals surface area contributed by atoms with Crippen LogP contribution in [0.25, 0.3) is 11.0 Å². The lowest BCUT2D eigenvalue weighted by molar-refractivity contribution is 0.588. The molecule has 2 N–H and O–H groups in total. The molecule has 2 aromatic rings. The quantitative estimate of drug-likeness (QED) is 0.836. The van der Waals surface area contributed by atoms with Crippen molar-refractivity contribution in [2.75, 3.05) is 18.1 Å². The molecule has 0 saturated carbocycles. The van der Waals surface area contributed by atoms with Gasteiger partial charge in [0.15, 0.2) is 0 Å². The minimum atomic E-state index is -2.90. The van der Waals surface area contributed by atoms with Crippen LogP contribution in [0.5, 0.6) is 0 Å². The van der Waals surface area contributed by atoms with Gasteiger partial charge in [-0.25, -0.2) is 13.4 Å². The van der Waals surface area contributed by atoms with Crippen LogP contribution in [0.4, 0.5) is 0 Å². The van der Waals surface area contributed by atoms with Gasteiger partial charge in [-0.3, -0.25) is 0 Å². The Morgan fingerprint density at radius 1 is 1.40 bits per heavy atom. The average Bonchev–Trinajstić information content (AvgIpc) is 2.78. The molecule has 20 heavy (non-hydrogen) atoms. The monoisotopic (exact) mass is 295 g/mol. The maximum atomic E-state index is 11.5. The Morgan fingerprint density at radius 3 is 2.90 bits per heavy atom. The van der Waals surface area contributed by atoms with E-state index in [-0.39, 0.29) is 11.5 Å². The van der Waals surface area contributed by atoms with Crippen LogP contribution >= 0.6 is 0 Å². The van der Waals surface area contributed by atoms with Crippen molar-refractivity contribution in [1.29, 1.82) is 0 Å². The van der Waals surface area contributed by atoms with E-state index in [2.05, 4.69) is 4.98 Å². The number of fused-ring (bicyclic) bond motifs is 1. The zero-order valence-electron chi connectivity index (χ0n) is 11.7. The first-order valence-electron chi connectivity index (χ1n) is 6.90. The Bertz CT molecular complexity index is 677. The van der Waals surface area contributed by atoms with Crippen molar-refractivity contribution in [2.45, 2.75) is 26.3 Å². The normalized spacial score (nSPS) is 12.1. The number of hydrogen-bond acceptors (Lipinski definition) is 4. The van der Waals surface area contributed by atoms with Crippen LogP contribution in [0.2, 0.25) is 0 Å². The summed E-state index contributed by atoms with van der Waals surface area (Å²) >= 11 is 0. The highest BCUT2D eigenvalue weighted by Gasteiger charge is 2.11. The molecule has 0 aliphatic heterocycles. The van der Waals surface area contributed by atoms with Crippen LogP contribution in [0, 0.1) is 0 Å². The maximum Gasteiger partial charge on any atom is 0.150 e. The average molecular weight is 295 g/mol. The Morgan fingerprint density at radius 2 is 2.20 bits per heavy atom. The third kappa shape index (κ3) is 3.37. The molecule has 0 spiro atoms. The first kappa shape index (κ1) is 15.0. The summed E-state index contributed by atoms with van der Waals surface area (Å²) in [7, 11) is -2.90. The van der Waals surface area contributed by atoms with Gasteiger partial charge in [0.05, 0.1) is 5.75 Å². The third-order valence-corrected chi connectivity index (χ3v) is 5.21. The van der Waals surface area contributed by atoms with Crippen molar-refractivity contribution in [3.05, 3.63) is 30.1 Å². The topological polar surface area (TPSA) is 78.0 Å². The molecule has 6 heteroatoms. The van der Waals surface area contributed by atoms with E-state index in [0.717, 1.165) is 17.5 Å². The summed E-state index contributed by atoms with van der Waals surface area (Å²) in [6.45, 7) is 2.94. The molecule has 0 aromatic carbocycles. The van der Waals surface area contributed by atoms with Gasteiger partial charge in [-0.15, -0.1) is 0 Å². The fourth-order valence-corrected chi connectivity index (χ4v) is 3.18. The first-order valence-corrected chi connectivity index (χ1v) is 8.72. The predicted molar refractivity (Wildman–Crippen MR) is 81.4 cm³/mol. The van der Waals surface area contributed by atoms with Crippen LogP contribution in [-0.2, 0) is 22.8 Å². The molecule has 0 fully saturated rings. The van der Waals surface area contributed by atoms with Crippen LogP contribution in [-0.4, -0.2) is 36.0 Å². The molecular formula is C14H21N3O2S. The molecule has 5 nitrogen and oxygen atoms in total. The van der Waals surface area contributed by atoms with Gasteiger partial charge in [0.25, 0.3) is 0 Å². The van der Waals surface area contributed by atoms with Crippen LogP contribution in [0.15, 0.2) is 24.5 Å². The van der Waals surface area contributed by atoms with Gasteiger partial charge in [-0.2, -0.15) is 0 Å². The second kappa shape index (κ2) is 6.37. The Labute approximate surface area is 119 Å². The van der Waals surface area contributed by atoms with Crippen molar-refractivity contribution < 1.29 is 8.42 Å². The highest BCUT2D eigenvalue weighted by atomic mass is 32.2. The lowest BCUT2D eigenvalue weighted by atomic mass is 10.2. The molecular weight excluding hydrogens is 274 g/mol. The summed E-state index contributed by atoms with van der Waals surface area (Å²) in [6.07, 6.45) is 5.22. The summed E-state index contributed by atoms with van der Waals surface area (Å²) < 4.78 is 25.1. The molecule has 110 valence electrons. The third-order valence-electron chi connectivity index (χ3n) is 3.42. The number of aryl methyl sites for hydroxylation is 1. The molecule has 0 atom stereocenters. The van der Waals surface area contributed by atoms with Gasteiger partial charge in [0, 0.05) is 30.1 Å². The second-order valence-corrected chi connectivity index (χ2v) is 7.32. The molecule has 0 aliphatic rings. The number of aromatic nitrogens is 2. The number of nitrogens with two attached hydrogens (primary N) is 1. The van der Waals surface area contributed by atoms with Crippen LogP contribution in [0.1, 0.15) is 18.9 Å². The smallest absolute Gasteiger partial charge is 0.150 e. The Kier molecular flexibility index (Phi) is 4.77. The number of nitrogens with zero attached hydrogens (tertiary/aromatic N) is 2. The van der Waals surface area contributed by atoms with Crippen molar-refractivity contribution >= 4 is 20.9 Å². The van der Waals surface area contributed by atoms with E-state index in [1.807, 2.05) is 22.9 Å². The summed E-state index contributed by atoms with van der Waals surface area (Å²) in [4.78, 5) is 4.39. The number of sulfone groups is 1. The molecule has 0 radical (unpaired) electrons. The van der Waals surface area contributed by atoms with E-state index in [4.69, 9.17) is 5.73 Å². The van der Waals surface area contributed by atoms with Crippen LogP contribution < -0.4 is 5.73 Å². The van der Waals surface area contributed by atoms with E-state index in [0.29, 0.717) is 19.5 Å². The molecule has 2 rings (SSSR count). The largest absolute Gasteiger partial charge is 0.332 e. The molecule has 0 aliphatic carbocycles. The highest BCUT2D eigenvalue weighted by Crippen LogP contribution is 2.20. The van der Waals surface area contributed by atoms with E-state index >= 15 is 0 Å². The summed E-state index contributed by atoms with van der Waals surface area (Å²) in [5, 5.41) is 1.11. The number of hydrogen-bond donors (Lipinski definition) is 1. The van der Waals surface area contributed by atoms with Gasteiger partial charge < -0.3 is 10.3 Å². The molecule has 0 bridgehead atoms. The summed E-state index contributed by atoms with van der Waals surface area (Å²) in [5.41, 5.74) is 7.71. The minimum Gasteiger partial charge on any atom is -0.332 e. The summed E-state index contributed by atoms with van der Waals surface area (Å²) in [5.74, 6) is 0.429. The molecule has 0 unspecified atom stereocenters. The predicted octanol–water partition coefficient (Wildman–Crippen LogP) is 1.36. The lowest BCUT2D eigenvalue weighted by Gasteiger charge is -2.04. The van der Waals surface area contributed by atoms with Crippen molar-refractivity contribution in [3.8, 4) is 0 Å². The van der Waals surface area contributed by atoms with Gasteiger partial charge in [-0.05, 0) is 37.1 Å². The van der Waals surface area contributed by atoms with Crippen molar-refractivity contribution in [2.24, 2.45) is 5.73 Å². The fourth-order valence-electron chi connectivity index (χ4n) is 2.32. The molecule has 0 saturated heterocycles. The Balaban J connectivity index is 2.18. The van der Waals surface area contributed by atoms with Gasteiger partial charge in [0.2, 0.25) is 0 Å². The zero-order valence-corrected chi connectivity index (χ0v) is 12.6. The van der Waals surface area contributed by atoms with Crippen LogP contribution in [0.3, 0.4) is 0 Å². The minimum absolute atomic E-state index is 0.204. The van der Waals surface area contributed by atoms with E-state index in [9.17, 15) is 8.42 Å². The molecule has 0 amide bonds. The van der Waals surface area contributed by atoms with E-state index in [1.54, 1.807) is 13.1 Å². The number of pyridine rings is 1. The molecule has 2 heterocycles. The standard InChI is InChI=1S/C14H21N3O2S/c1-2-20(18,19)10-4-9-17-11-12(6-7-15)13-5-3-8-16-14(13)17/h3,5,8,11H,2,4,6-7,9-10,15H2,1H3.